The van der Waals surface area contributed by atoms with Crippen molar-refractivity contribution in [2.24, 2.45) is 0 Å². The minimum absolute atomic E-state index is 0. The molecule has 10 heavy (non-hydrogen) atoms. The van der Waals surface area contributed by atoms with E-state index in [2.05, 4.69) is 18.5 Å². The van der Waals surface area contributed by atoms with Crippen molar-refractivity contribution in [2.75, 3.05) is 6.54 Å². The van der Waals surface area contributed by atoms with E-state index in [-0.39, 0.29) is 1.43 Å². The molecule has 0 saturated carbocycles. The molecule has 56 valence electrons. The van der Waals surface area contributed by atoms with Gasteiger partial charge in [-0.2, -0.15) is 0 Å². The first kappa shape index (κ1) is 7.13. The molecule has 0 aromatic rings. The van der Waals surface area contributed by atoms with Gasteiger partial charge in [0.1, 0.15) is 0 Å². The van der Waals surface area contributed by atoms with Crippen LogP contribution in [0.25, 0.3) is 0 Å². The summed E-state index contributed by atoms with van der Waals surface area (Å²) >= 11 is 0. The molecule has 0 unspecified atom stereocenters. The minimum atomic E-state index is 0. The number of allylic oxidation sites excluding steroid dienone is 3. The zero-order chi connectivity index (χ0) is 7.40. The fourth-order valence-corrected chi connectivity index (χ4v) is 1.17. The molecular formula is C9H15N. The van der Waals surface area contributed by atoms with E-state index in [1.165, 1.54) is 12.0 Å². The topological polar surface area (TPSA) is 12.0 Å². The van der Waals surface area contributed by atoms with Crippen molar-refractivity contribution in [3.05, 3.63) is 36.6 Å². The molecule has 1 heterocycles. The monoisotopic (exact) mass is 137 g/mol. The first-order valence-corrected chi connectivity index (χ1v) is 3.60. The van der Waals surface area contributed by atoms with E-state index in [0.29, 0.717) is 0 Å². The zero-order valence-electron chi connectivity index (χ0n) is 6.19. The molecule has 0 bridgehead atoms. The van der Waals surface area contributed by atoms with E-state index in [1.54, 1.807) is 0 Å². The average Bonchev–Trinajstić information content (AvgIpc) is 2.04. The SMILES string of the molecule is C=CC1=C(C=C)NCCC1.[HH]. The molecule has 0 amide bonds. The summed E-state index contributed by atoms with van der Waals surface area (Å²) < 4.78 is 0. The van der Waals surface area contributed by atoms with Gasteiger partial charge < -0.3 is 5.32 Å². The van der Waals surface area contributed by atoms with Crippen LogP contribution in [-0.2, 0) is 0 Å². The van der Waals surface area contributed by atoms with Gasteiger partial charge >= 0.3 is 0 Å². The largest absolute Gasteiger partial charge is 0.385 e. The lowest BCUT2D eigenvalue weighted by molar-refractivity contribution is 0.685. The molecule has 1 aliphatic heterocycles. The van der Waals surface area contributed by atoms with Gasteiger partial charge in [-0.25, -0.2) is 0 Å². The zero-order valence-corrected chi connectivity index (χ0v) is 6.19. The van der Waals surface area contributed by atoms with Crippen molar-refractivity contribution in [3.63, 3.8) is 0 Å². The molecule has 0 spiro atoms. The summed E-state index contributed by atoms with van der Waals surface area (Å²) in [6.45, 7) is 8.52. The van der Waals surface area contributed by atoms with Crippen molar-refractivity contribution in [2.45, 2.75) is 12.8 Å². The van der Waals surface area contributed by atoms with E-state index >= 15 is 0 Å². The van der Waals surface area contributed by atoms with Crippen LogP contribution in [0.1, 0.15) is 14.3 Å². The standard InChI is InChI=1S/C9H13N.H2/c1-3-8-6-5-7-10-9(8)4-2;/h3-4,10H,1-2,5-7H2;1H. The Kier molecular flexibility index (Phi) is 2.32. The molecule has 0 aromatic carbocycles. The van der Waals surface area contributed by atoms with Crippen LogP contribution in [0.5, 0.6) is 0 Å². The molecule has 1 rings (SSSR count). The third-order valence-corrected chi connectivity index (χ3v) is 1.73. The molecule has 1 N–H and O–H groups in total. The predicted molar refractivity (Wildman–Crippen MR) is 46.8 cm³/mol. The van der Waals surface area contributed by atoms with E-state index in [4.69, 9.17) is 0 Å². The van der Waals surface area contributed by atoms with E-state index in [9.17, 15) is 0 Å². The fraction of sp³-hybridized carbons (Fsp3) is 0.333. The Bertz CT molecular complexity index is 162. The molecule has 0 fully saturated rings. The van der Waals surface area contributed by atoms with Gasteiger partial charge in [0, 0.05) is 13.7 Å². The lowest BCUT2D eigenvalue weighted by atomic mass is 10.0. The second kappa shape index (κ2) is 3.25. The lowest BCUT2D eigenvalue weighted by Gasteiger charge is -2.16. The highest BCUT2D eigenvalue weighted by Crippen LogP contribution is 2.15. The number of hydrogen-bond acceptors (Lipinski definition) is 1. The second-order valence-electron chi connectivity index (χ2n) is 2.38. The number of hydrogen-bond donors (Lipinski definition) is 1. The first-order valence-electron chi connectivity index (χ1n) is 3.60. The van der Waals surface area contributed by atoms with Gasteiger partial charge in [0.05, 0.1) is 0 Å². The van der Waals surface area contributed by atoms with Crippen LogP contribution in [0.4, 0.5) is 0 Å². The summed E-state index contributed by atoms with van der Waals surface area (Å²) in [6.07, 6.45) is 6.11. The van der Waals surface area contributed by atoms with Gasteiger partial charge in [0.15, 0.2) is 0 Å². The van der Waals surface area contributed by atoms with Gasteiger partial charge in [-0.05, 0) is 24.5 Å². The molecule has 0 aliphatic carbocycles. The summed E-state index contributed by atoms with van der Waals surface area (Å²) in [5.41, 5.74) is 2.45. The second-order valence-corrected chi connectivity index (χ2v) is 2.38. The van der Waals surface area contributed by atoms with Crippen LogP contribution in [0.2, 0.25) is 0 Å². The molecule has 0 radical (unpaired) electrons. The minimum Gasteiger partial charge on any atom is -0.385 e. The molecule has 1 heteroatoms. The number of rotatable bonds is 2. The summed E-state index contributed by atoms with van der Waals surface area (Å²) in [7, 11) is 0. The molecule has 1 aliphatic rings. The average molecular weight is 137 g/mol. The highest BCUT2D eigenvalue weighted by atomic mass is 14.9. The smallest absolute Gasteiger partial charge is 0.0366 e. The number of nitrogens with one attached hydrogen (secondary N) is 1. The molecule has 1 nitrogen and oxygen atoms in total. The fourth-order valence-electron chi connectivity index (χ4n) is 1.17. The Balaban J connectivity index is 0.000001000. The normalized spacial score (nSPS) is 18.0. The van der Waals surface area contributed by atoms with Gasteiger partial charge in [0.2, 0.25) is 0 Å². The van der Waals surface area contributed by atoms with Crippen LogP contribution < -0.4 is 5.32 Å². The maximum atomic E-state index is 3.74. The lowest BCUT2D eigenvalue weighted by Crippen LogP contribution is -2.19. The highest BCUT2D eigenvalue weighted by molar-refractivity contribution is 5.31. The van der Waals surface area contributed by atoms with Gasteiger partial charge in [-0.3, -0.25) is 0 Å². The van der Waals surface area contributed by atoms with Crippen LogP contribution >= 0.6 is 0 Å². The predicted octanol–water partition coefficient (Wildman–Crippen LogP) is 2.24. The Hall–Kier alpha value is -0.980. The highest BCUT2D eigenvalue weighted by Gasteiger charge is 2.04. The maximum Gasteiger partial charge on any atom is 0.0366 e. The van der Waals surface area contributed by atoms with E-state index in [0.717, 1.165) is 18.7 Å². The summed E-state index contributed by atoms with van der Waals surface area (Å²) in [5, 5.41) is 3.26. The summed E-state index contributed by atoms with van der Waals surface area (Å²) in [5.74, 6) is 0. The van der Waals surface area contributed by atoms with Crippen LogP contribution in [0.15, 0.2) is 36.6 Å². The van der Waals surface area contributed by atoms with Crippen molar-refractivity contribution in [1.82, 2.24) is 5.32 Å². The van der Waals surface area contributed by atoms with Gasteiger partial charge in [-0.1, -0.05) is 19.2 Å². The van der Waals surface area contributed by atoms with Gasteiger partial charge in [-0.15, -0.1) is 0 Å². The molecular weight excluding hydrogens is 122 g/mol. The Labute approximate surface area is 63.6 Å². The molecule has 0 saturated heterocycles. The van der Waals surface area contributed by atoms with E-state index in [1.807, 2.05) is 12.2 Å². The van der Waals surface area contributed by atoms with Crippen LogP contribution in [0.3, 0.4) is 0 Å². The van der Waals surface area contributed by atoms with Crippen LogP contribution in [-0.4, -0.2) is 6.54 Å². The van der Waals surface area contributed by atoms with Crippen molar-refractivity contribution < 1.29 is 1.43 Å². The van der Waals surface area contributed by atoms with E-state index < -0.39 is 0 Å². The summed E-state index contributed by atoms with van der Waals surface area (Å²) in [4.78, 5) is 0. The van der Waals surface area contributed by atoms with Crippen molar-refractivity contribution in [1.29, 1.82) is 0 Å². The Morgan fingerprint density at radius 1 is 1.40 bits per heavy atom. The van der Waals surface area contributed by atoms with Crippen molar-refractivity contribution in [3.8, 4) is 0 Å². The quantitative estimate of drug-likeness (QED) is 0.615. The third-order valence-electron chi connectivity index (χ3n) is 1.73. The maximum absolute atomic E-state index is 3.74. The Morgan fingerprint density at radius 2 is 2.20 bits per heavy atom. The van der Waals surface area contributed by atoms with Crippen molar-refractivity contribution >= 4 is 0 Å². The molecule has 0 atom stereocenters. The van der Waals surface area contributed by atoms with Crippen LogP contribution in [0, 0.1) is 0 Å². The summed E-state index contributed by atoms with van der Waals surface area (Å²) in [6, 6.07) is 0. The van der Waals surface area contributed by atoms with Gasteiger partial charge in [0.25, 0.3) is 0 Å². The Morgan fingerprint density at radius 3 is 2.70 bits per heavy atom. The third kappa shape index (κ3) is 1.29. The molecule has 0 aromatic heterocycles. The first-order chi connectivity index (χ1) is 4.88.